The zero-order valence-corrected chi connectivity index (χ0v) is 11.4. The molecular formula is C14H18N4O2. The van der Waals surface area contributed by atoms with E-state index in [1.54, 1.807) is 12.1 Å². The van der Waals surface area contributed by atoms with Gasteiger partial charge in [0.15, 0.2) is 0 Å². The predicted octanol–water partition coefficient (Wildman–Crippen LogP) is 1.57. The lowest BCUT2D eigenvalue weighted by Gasteiger charge is -2.07. The number of H-pyrrole nitrogens is 1. The minimum atomic E-state index is -0.119. The fourth-order valence-corrected chi connectivity index (χ4v) is 1.69. The summed E-state index contributed by atoms with van der Waals surface area (Å²) in [5.74, 6) is 1.35. The molecule has 1 aromatic heterocycles. The van der Waals surface area contributed by atoms with Crippen LogP contribution in [-0.2, 0) is 6.42 Å². The van der Waals surface area contributed by atoms with Gasteiger partial charge in [0.25, 0.3) is 5.91 Å². The quantitative estimate of drug-likeness (QED) is 0.803. The number of aromatic nitrogens is 3. The number of carbonyl (C=O) groups is 1. The van der Waals surface area contributed by atoms with E-state index in [0.717, 1.165) is 18.0 Å². The molecule has 0 aliphatic heterocycles. The Bertz CT molecular complexity index is 540. The molecule has 1 aromatic carbocycles. The van der Waals surface area contributed by atoms with Crippen LogP contribution in [-0.4, -0.2) is 34.2 Å². The van der Waals surface area contributed by atoms with Crippen LogP contribution in [0.5, 0.6) is 5.75 Å². The van der Waals surface area contributed by atoms with E-state index in [2.05, 4.69) is 20.5 Å². The molecule has 106 valence electrons. The zero-order chi connectivity index (χ0) is 14.2. The van der Waals surface area contributed by atoms with Gasteiger partial charge < -0.3 is 10.1 Å². The number of nitrogens with zero attached hydrogens (tertiary/aromatic N) is 2. The van der Waals surface area contributed by atoms with Gasteiger partial charge in [-0.2, -0.15) is 5.10 Å². The van der Waals surface area contributed by atoms with Gasteiger partial charge in [0.2, 0.25) is 0 Å². The number of hydrogen-bond donors (Lipinski definition) is 2. The molecule has 20 heavy (non-hydrogen) atoms. The van der Waals surface area contributed by atoms with Gasteiger partial charge in [0, 0.05) is 18.5 Å². The average molecular weight is 274 g/mol. The lowest BCUT2D eigenvalue weighted by Crippen LogP contribution is -2.25. The monoisotopic (exact) mass is 274 g/mol. The molecule has 6 heteroatoms. The molecule has 0 saturated carbocycles. The molecule has 0 radical (unpaired) electrons. The van der Waals surface area contributed by atoms with Crippen LogP contribution in [0.15, 0.2) is 30.6 Å². The topological polar surface area (TPSA) is 79.9 Å². The number of amides is 1. The van der Waals surface area contributed by atoms with Crippen molar-refractivity contribution in [2.75, 3.05) is 13.2 Å². The second-order valence-electron chi connectivity index (χ2n) is 4.31. The van der Waals surface area contributed by atoms with Crippen LogP contribution in [0.1, 0.15) is 29.5 Å². The number of hydrogen-bond acceptors (Lipinski definition) is 4. The molecule has 2 aromatic rings. The summed E-state index contributed by atoms with van der Waals surface area (Å²) in [6.07, 6.45) is 3.01. The van der Waals surface area contributed by atoms with Crippen LogP contribution < -0.4 is 10.1 Å². The molecule has 0 atom stereocenters. The third-order valence-corrected chi connectivity index (χ3v) is 2.68. The lowest BCUT2D eigenvalue weighted by atomic mass is 10.2. The Labute approximate surface area is 117 Å². The van der Waals surface area contributed by atoms with Crippen molar-refractivity contribution in [3.8, 4) is 5.75 Å². The Morgan fingerprint density at radius 3 is 3.10 bits per heavy atom. The van der Waals surface area contributed by atoms with Crippen molar-refractivity contribution in [1.82, 2.24) is 20.5 Å². The van der Waals surface area contributed by atoms with Gasteiger partial charge in [-0.05, 0) is 24.6 Å². The zero-order valence-electron chi connectivity index (χ0n) is 11.4. The van der Waals surface area contributed by atoms with Crippen molar-refractivity contribution >= 4 is 5.91 Å². The van der Waals surface area contributed by atoms with E-state index in [4.69, 9.17) is 4.74 Å². The molecule has 1 amide bonds. The number of benzene rings is 1. The minimum absolute atomic E-state index is 0.119. The van der Waals surface area contributed by atoms with Gasteiger partial charge in [-0.1, -0.05) is 13.0 Å². The predicted molar refractivity (Wildman–Crippen MR) is 74.6 cm³/mol. The van der Waals surface area contributed by atoms with E-state index in [9.17, 15) is 4.79 Å². The first-order valence-electron chi connectivity index (χ1n) is 6.65. The number of carbonyl (C=O) groups excluding carboxylic acids is 1. The van der Waals surface area contributed by atoms with Gasteiger partial charge in [-0.25, -0.2) is 4.98 Å². The van der Waals surface area contributed by atoms with E-state index >= 15 is 0 Å². The molecule has 0 unspecified atom stereocenters. The smallest absolute Gasteiger partial charge is 0.251 e. The molecule has 0 bridgehead atoms. The molecular weight excluding hydrogens is 256 g/mol. The Hall–Kier alpha value is -2.37. The first kappa shape index (κ1) is 14.0. The van der Waals surface area contributed by atoms with E-state index in [-0.39, 0.29) is 5.91 Å². The summed E-state index contributed by atoms with van der Waals surface area (Å²) >= 11 is 0. The third kappa shape index (κ3) is 4.08. The van der Waals surface area contributed by atoms with E-state index in [1.165, 1.54) is 6.33 Å². The largest absolute Gasteiger partial charge is 0.494 e. The summed E-state index contributed by atoms with van der Waals surface area (Å²) in [5, 5.41) is 9.34. The Morgan fingerprint density at radius 1 is 1.45 bits per heavy atom. The van der Waals surface area contributed by atoms with Crippen LogP contribution in [0, 0.1) is 0 Å². The van der Waals surface area contributed by atoms with Crippen LogP contribution in [0.3, 0.4) is 0 Å². The summed E-state index contributed by atoms with van der Waals surface area (Å²) in [5.41, 5.74) is 0.594. The highest BCUT2D eigenvalue weighted by atomic mass is 16.5. The maximum atomic E-state index is 12.0. The van der Waals surface area contributed by atoms with Crippen molar-refractivity contribution in [3.63, 3.8) is 0 Å². The summed E-state index contributed by atoms with van der Waals surface area (Å²) < 4.78 is 5.51. The molecule has 2 N–H and O–H groups in total. The van der Waals surface area contributed by atoms with Crippen molar-refractivity contribution < 1.29 is 9.53 Å². The lowest BCUT2D eigenvalue weighted by molar-refractivity contribution is 0.0953. The Balaban J connectivity index is 1.85. The van der Waals surface area contributed by atoms with Crippen molar-refractivity contribution in [2.24, 2.45) is 0 Å². The standard InChI is InChI=1S/C14H18N4O2/c1-2-8-20-12-5-3-4-11(9-12)14(19)15-7-6-13-16-10-17-18-13/h3-5,9-10H,2,6-8H2,1H3,(H,15,19)(H,16,17,18). The van der Waals surface area contributed by atoms with Crippen molar-refractivity contribution in [3.05, 3.63) is 42.0 Å². The number of ether oxygens (including phenoxy) is 1. The van der Waals surface area contributed by atoms with Gasteiger partial charge in [-0.3, -0.25) is 9.89 Å². The van der Waals surface area contributed by atoms with E-state index in [1.807, 2.05) is 19.1 Å². The Kier molecular flexibility index (Phi) is 5.11. The number of rotatable bonds is 7. The first-order valence-corrected chi connectivity index (χ1v) is 6.65. The molecule has 0 aliphatic rings. The van der Waals surface area contributed by atoms with Crippen molar-refractivity contribution in [2.45, 2.75) is 19.8 Å². The maximum absolute atomic E-state index is 12.0. The highest BCUT2D eigenvalue weighted by Crippen LogP contribution is 2.13. The summed E-state index contributed by atoms with van der Waals surface area (Å²) in [6, 6.07) is 7.18. The third-order valence-electron chi connectivity index (χ3n) is 2.68. The molecule has 6 nitrogen and oxygen atoms in total. The number of aromatic amines is 1. The normalized spacial score (nSPS) is 10.2. The van der Waals surface area contributed by atoms with E-state index < -0.39 is 0 Å². The highest BCUT2D eigenvalue weighted by Gasteiger charge is 2.06. The minimum Gasteiger partial charge on any atom is -0.494 e. The maximum Gasteiger partial charge on any atom is 0.251 e. The fourth-order valence-electron chi connectivity index (χ4n) is 1.69. The second kappa shape index (κ2) is 7.28. The molecule has 1 heterocycles. The molecule has 0 aliphatic carbocycles. The van der Waals surface area contributed by atoms with Gasteiger partial charge >= 0.3 is 0 Å². The Morgan fingerprint density at radius 2 is 2.35 bits per heavy atom. The SMILES string of the molecule is CCCOc1cccc(C(=O)NCCc2ncn[nH]2)c1. The summed E-state index contributed by atoms with van der Waals surface area (Å²) in [4.78, 5) is 16.0. The molecule has 0 spiro atoms. The fraction of sp³-hybridized carbons (Fsp3) is 0.357. The molecule has 0 fully saturated rings. The second-order valence-corrected chi connectivity index (χ2v) is 4.31. The van der Waals surface area contributed by atoms with Gasteiger partial charge in [-0.15, -0.1) is 0 Å². The van der Waals surface area contributed by atoms with Crippen LogP contribution in [0.25, 0.3) is 0 Å². The van der Waals surface area contributed by atoms with Crippen LogP contribution in [0.4, 0.5) is 0 Å². The van der Waals surface area contributed by atoms with E-state index in [0.29, 0.717) is 25.1 Å². The summed E-state index contributed by atoms with van der Waals surface area (Å²) in [7, 11) is 0. The average Bonchev–Trinajstić information content (AvgIpc) is 2.98. The van der Waals surface area contributed by atoms with Crippen LogP contribution in [0.2, 0.25) is 0 Å². The van der Waals surface area contributed by atoms with Gasteiger partial charge in [0.1, 0.15) is 17.9 Å². The number of nitrogens with one attached hydrogen (secondary N) is 2. The van der Waals surface area contributed by atoms with Gasteiger partial charge in [0.05, 0.1) is 6.61 Å². The summed E-state index contributed by atoms with van der Waals surface area (Å²) in [6.45, 7) is 3.20. The molecule has 2 rings (SSSR count). The van der Waals surface area contributed by atoms with Crippen LogP contribution >= 0.6 is 0 Å². The molecule has 0 saturated heterocycles. The first-order chi connectivity index (χ1) is 9.79. The highest BCUT2D eigenvalue weighted by molar-refractivity contribution is 5.94. The van der Waals surface area contributed by atoms with Crippen molar-refractivity contribution in [1.29, 1.82) is 0 Å².